The number of nitrogens with zero attached hydrogens (tertiary/aromatic N) is 1. The summed E-state index contributed by atoms with van der Waals surface area (Å²) in [5, 5.41) is 3.18. The van der Waals surface area contributed by atoms with Gasteiger partial charge in [0.25, 0.3) is 0 Å². The van der Waals surface area contributed by atoms with Crippen molar-refractivity contribution in [2.24, 2.45) is 0 Å². The van der Waals surface area contributed by atoms with Gasteiger partial charge in [0.2, 0.25) is 5.89 Å². The van der Waals surface area contributed by atoms with Crippen LogP contribution < -0.4 is 5.32 Å². The minimum atomic E-state index is 0.396. The van der Waals surface area contributed by atoms with E-state index in [9.17, 15) is 0 Å². The third-order valence-corrected chi connectivity index (χ3v) is 3.36. The predicted molar refractivity (Wildman–Crippen MR) is 71.9 cm³/mol. The van der Waals surface area contributed by atoms with Gasteiger partial charge in [0.1, 0.15) is 6.26 Å². The van der Waals surface area contributed by atoms with Gasteiger partial charge in [0.05, 0.1) is 11.3 Å². The third-order valence-electron chi connectivity index (χ3n) is 2.66. The van der Waals surface area contributed by atoms with Crippen molar-refractivity contribution in [2.75, 3.05) is 7.05 Å². The number of oxazole rings is 1. The second-order valence-electron chi connectivity index (χ2n) is 4.02. The van der Waals surface area contributed by atoms with Gasteiger partial charge in [0, 0.05) is 16.9 Å². The van der Waals surface area contributed by atoms with E-state index in [1.165, 1.54) is 0 Å². The highest BCUT2D eigenvalue weighted by Crippen LogP contribution is 2.27. The van der Waals surface area contributed by atoms with Crippen LogP contribution in [0.4, 0.5) is 0 Å². The molecule has 2 aromatic rings. The predicted octanol–water partition coefficient (Wildman–Crippen LogP) is 3.25. The topological polar surface area (TPSA) is 38.1 Å². The van der Waals surface area contributed by atoms with Crippen molar-refractivity contribution in [3.63, 3.8) is 0 Å². The summed E-state index contributed by atoms with van der Waals surface area (Å²) in [5.74, 6) is 0.663. The summed E-state index contributed by atoms with van der Waals surface area (Å²) in [6, 6.07) is 8.31. The molecule has 0 bridgehead atoms. The van der Waals surface area contributed by atoms with E-state index in [1.807, 2.05) is 31.3 Å². The van der Waals surface area contributed by atoms with Gasteiger partial charge in [-0.25, -0.2) is 4.98 Å². The number of aromatic nitrogens is 1. The maximum atomic E-state index is 5.51. The van der Waals surface area contributed by atoms with Crippen molar-refractivity contribution in [3.05, 3.63) is 40.7 Å². The molecule has 2 rings (SSSR count). The van der Waals surface area contributed by atoms with Crippen LogP contribution in [0.1, 0.15) is 12.6 Å². The number of halogens is 1. The Balaban J connectivity index is 2.21. The molecule has 0 fully saturated rings. The summed E-state index contributed by atoms with van der Waals surface area (Å²) in [5.41, 5.74) is 1.95. The van der Waals surface area contributed by atoms with Gasteiger partial charge in [0.15, 0.2) is 0 Å². The molecule has 0 aliphatic rings. The average molecular weight is 295 g/mol. The van der Waals surface area contributed by atoms with Crippen LogP contribution in [0, 0.1) is 0 Å². The zero-order chi connectivity index (χ0) is 12.3. The summed E-state index contributed by atoms with van der Waals surface area (Å²) in [6.07, 6.45) is 2.59. The number of likely N-dealkylation sites (N-methyl/N-ethyl adjacent to an activating group) is 1. The van der Waals surface area contributed by atoms with Crippen molar-refractivity contribution in [3.8, 4) is 11.5 Å². The third kappa shape index (κ3) is 2.96. The van der Waals surface area contributed by atoms with Crippen molar-refractivity contribution in [1.29, 1.82) is 0 Å². The quantitative estimate of drug-likeness (QED) is 0.941. The molecule has 4 heteroatoms. The van der Waals surface area contributed by atoms with Crippen molar-refractivity contribution in [1.82, 2.24) is 10.3 Å². The van der Waals surface area contributed by atoms with Gasteiger partial charge in [-0.05, 0) is 42.0 Å². The molecule has 17 heavy (non-hydrogen) atoms. The SMILES string of the molecule is CNC(C)Cc1coc(-c2ccccc2Br)n1. The molecule has 0 radical (unpaired) electrons. The smallest absolute Gasteiger partial charge is 0.227 e. The van der Waals surface area contributed by atoms with E-state index in [4.69, 9.17) is 4.42 Å². The fourth-order valence-corrected chi connectivity index (χ4v) is 2.03. The number of benzene rings is 1. The highest BCUT2D eigenvalue weighted by Gasteiger charge is 2.10. The molecule has 1 aromatic heterocycles. The first-order chi connectivity index (χ1) is 8.20. The van der Waals surface area contributed by atoms with E-state index in [-0.39, 0.29) is 0 Å². The van der Waals surface area contributed by atoms with Crippen LogP contribution in [0.5, 0.6) is 0 Å². The van der Waals surface area contributed by atoms with Crippen LogP contribution in [0.15, 0.2) is 39.4 Å². The number of rotatable bonds is 4. The second-order valence-corrected chi connectivity index (χ2v) is 4.87. The molecule has 0 saturated heterocycles. The van der Waals surface area contributed by atoms with Crippen LogP contribution in [-0.4, -0.2) is 18.1 Å². The lowest BCUT2D eigenvalue weighted by atomic mass is 10.2. The summed E-state index contributed by atoms with van der Waals surface area (Å²) >= 11 is 3.49. The summed E-state index contributed by atoms with van der Waals surface area (Å²) < 4.78 is 6.50. The van der Waals surface area contributed by atoms with Gasteiger partial charge >= 0.3 is 0 Å². The Bertz CT molecular complexity index is 496. The lowest BCUT2D eigenvalue weighted by molar-refractivity contribution is 0.564. The monoisotopic (exact) mass is 294 g/mol. The van der Waals surface area contributed by atoms with Gasteiger partial charge in [-0.3, -0.25) is 0 Å². The Morgan fingerprint density at radius 2 is 2.18 bits per heavy atom. The van der Waals surface area contributed by atoms with Crippen LogP contribution in [0.25, 0.3) is 11.5 Å². The van der Waals surface area contributed by atoms with Crippen molar-refractivity contribution in [2.45, 2.75) is 19.4 Å². The molecule has 1 N–H and O–H groups in total. The van der Waals surface area contributed by atoms with E-state index < -0.39 is 0 Å². The van der Waals surface area contributed by atoms with E-state index in [0.29, 0.717) is 11.9 Å². The molecule has 90 valence electrons. The van der Waals surface area contributed by atoms with E-state index >= 15 is 0 Å². The second kappa shape index (κ2) is 5.47. The Morgan fingerprint density at radius 3 is 2.88 bits per heavy atom. The Labute approximate surface area is 109 Å². The zero-order valence-electron chi connectivity index (χ0n) is 9.90. The Kier molecular flexibility index (Phi) is 3.97. The molecule has 0 amide bonds. The molecule has 1 heterocycles. The number of hydrogen-bond donors (Lipinski definition) is 1. The van der Waals surface area contributed by atoms with Crippen LogP contribution >= 0.6 is 15.9 Å². The average Bonchev–Trinajstić information content (AvgIpc) is 2.78. The fraction of sp³-hybridized carbons (Fsp3) is 0.308. The maximum Gasteiger partial charge on any atom is 0.227 e. The normalized spacial score (nSPS) is 12.6. The highest BCUT2D eigenvalue weighted by molar-refractivity contribution is 9.10. The summed E-state index contributed by atoms with van der Waals surface area (Å²) in [4.78, 5) is 4.49. The van der Waals surface area contributed by atoms with E-state index in [0.717, 1.165) is 22.2 Å². The molecular weight excluding hydrogens is 280 g/mol. The van der Waals surface area contributed by atoms with Crippen LogP contribution in [0.3, 0.4) is 0 Å². The van der Waals surface area contributed by atoms with Gasteiger partial charge in [-0.2, -0.15) is 0 Å². The van der Waals surface area contributed by atoms with E-state index in [2.05, 4.69) is 33.2 Å². The first-order valence-electron chi connectivity index (χ1n) is 5.57. The standard InChI is InChI=1S/C13H15BrN2O/c1-9(15-2)7-10-8-17-13(16-10)11-5-3-4-6-12(11)14/h3-6,8-9,15H,7H2,1-2H3. The summed E-state index contributed by atoms with van der Waals surface area (Å²) in [6.45, 7) is 2.12. The largest absolute Gasteiger partial charge is 0.444 e. The van der Waals surface area contributed by atoms with Gasteiger partial charge in [-0.1, -0.05) is 12.1 Å². The molecule has 1 atom stereocenters. The Morgan fingerprint density at radius 1 is 1.41 bits per heavy atom. The van der Waals surface area contributed by atoms with E-state index in [1.54, 1.807) is 6.26 Å². The Hall–Kier alpha value is -1.13. The molecule has 0 aliphatic heterocycles. The lowest BCUT2D eigenvalue weighted by Gasteiger charge is -2.05. The lowest BCUT2D eigenvalue weighted by Crippen LogP contribution is -2.23. The first-order valence-corrected chi connectivity index (χ1v) is 6.36. The van der Waals surface area contributed by atoms with Gasteiger partial charge < -0.3 is 9.73 Å². The fourth-order valence-electron chi connectivity index (χ4n) is 1.57. The molecule has 1 unspecified atom stereocenters. The van der Waals surface area contributed by atoms with Crippen LogP contribution in [0.2, 0.25) is 0 Å². The molecule has 0 spiro atoms. The molecular formula is C13H15BrN2O. The maximum absolute atomic E-state index is 5.51. The molecule has 0 saturated carbocycles. The number of hydrogen-bond acceptors (Lipinski definition) is 3. The minimum Gasteiger partial charge on any atom is -0.444 e. The first kappa shape index (κ1) is 12.3. The minimum absolute atomic E-state index is 0.396. The molecule has 3 nitrogen and oxygen atoms in total. The van der Waals surface area contributed by atoms with Gasteiger partial charge in [-0.15, -0.1) is 0 Å². The van der Waals surface area contributed by atoms with Crippen LogP contribution in [-0.2, 0) is 6.42 Å². The summed E-state index contributed by atoms with van der Waals surface area (Å²) in [7, 11) is 1.94. The molecule has 1 aromatic carbocycles. The van der Waals surface area contributed by atoms with Crippen molar-refractivity contribution < 1.29 is 4.42 Å². The zero-order valence-corrected chi connectivity index (χ0v) is 11.5. The molecule has 0 aliphatic carbocycles. The van der Waals surface area contributed by atoms with Crippen molar-refractivity contribution >= 4 is 15.9 Å². The highest BCUT2D eigenvalue weighted by atomic mass is 79.9. The number of nitrogens with one attached hydrogen (secondary N) is 1.